The van der Waals surface area contributed by atoms with Gasteiger partial charge in [0.05, 0.1) is 24.3 Å². The van der Waals surface area contributed by atoms with E-state index < -0.39 is 12.0 Å². The fourth-order valence-corrected chi connectivity index (χ4v) is 3.69. The molecule has 8 heteroatoms. The summed E-state index contributed by atoms with van der Waals surface area (Å²) in [6.45, 7) is 0.608. The summed E-state index contributed by atoms with van der Waals surface area (Å²) in [6, 6.07) is 22.2. The third-order valence-corrected chi connectivity index (χ3v) is 5.29. The molecule has 2 heterocycles. The Morgan fingerprint density at radius 1 is 1.00 bits per heavy atom. The van der Waals surface area contributed by atoms with Crippen LogP contribution in [0.25, 0.3) is 11.0 Å². The maximum Gasteiger partial charge on any atom is 0.260 e. The van der Waals surface area contributed by atoms with Crippen molar-refractivity contribution in [2.45, 2.75) is 12.6 Å². The van der Waals surface area contributed by atoms with Gasteiger partial charge < -0.3 is 15.4 Å². The maximum atomic E-state index is 13.2. The zero-order valence-electron chi connectivity index (χ0n) is 16.5. The number of fused-ring (bicyclic) bond motifs is 2. The molecule has 0 saturated carbocycles. The molecule has 1 atom stereocenters. The van der Waals surface area contributed by atoms with Gasteiger partial charge in [0, 0.05) is 5.56 Å². The summed E-state index contributed by atoms with van der Waals surface area (Å²) in [5, 5.41) is 8.37. The number of aromatic nitrogens is 3. The molecule has 1 aromatic heterocycles. The van der Waals surface area contributed by atoms with E-state index in [0.29, 0.717) is 23.5 Å². The molecule has 154 valence electrons. The van der Waals surface area contributed by atoms with Crippen molar-refractivity contribution in [3.8, 4) is 5.75 Å². The van der Waals surface area contributed by atoms with Gasteiger partial charge in [-0.15, -0.1) is 5.10 Å². The van der Waals surface area contributed by atoms with E-state index in [0.717, 1.165) is 16.6 Å². The quantitative estimate of drug-likeness (QED) is 0.553. The van der Waals surface area contributed by atoms with Crippen molar-refractivity contribution in [3.05, 3.63) is 83.9 Å². The molecule has 1 aliphatic heterocycles. The zero-order valence-corrected chi connectivity index (χ0v) is 16.5. The van der Waals surface area contributed by atoms with Gasteiger partial charge >= 0.3 is 0 Å². The van der Waals surface area contributed by atoms with Gasteiger partial charge in [-0.25, -0.2) is 4.68 Å². The van der Waals surface area contributed by atoms with Crippen molar-refractivity contribution in [1.82, 2.24) is 15.0 Å². The van der Waals surface area contributed by atoms with Crippen LogP contribution in [0, 0.1) is 0 Å². The SMILES string of the molecule is NC(=O)C1CN(C(=O)c2ccc(Cn3nnc4ccccc43)cc2)c2ccccc2O1. The lowest BCUT2D eigenvalue weighted by molar-refractivity contribution is -0.124. The number of anilines is 1. The highest BCUT2D eigenvalue weighted by Gasteiger charge is 2.33. The Morgan fingerprint density at radius 3 is 2.55 bits per heavy atom. The molecule has 5 rings (SSSR count). The first-order chi connectivity index (χ1) is 15.1. The lowest BCUT2D eigenvalue weighted by Crippen LogP contribution is -2.49. The van der Waals surface area contributed by atoms with E-state index in [4.69, 9.17) is 10.5 Å². The average Bonchev–Trinajstić information content (AvgIpc) is 3.21. The number of hydrogen-bond acceptors (Lipinski definition) is 5. The fourth-order valence-electron chi connectivity index (χ4n) is 3.69. The van der Waals surface area contributed by atoms with E-state index in [9.17, 15) is 9.59 Å². The normalized spacial score (nSPS) is 15.4. The Labute approximate surface area is 177 Å². The van der Waals surface area contributed by atoms with Crippen molar-refractivity contribution < 1.29 is 14.3 Å². The predicted octanol–water partition coefficient (Wildman–Crippen LogP) is 2.37. The number of para-hydroxylation sites is 3. The van der Waals surface area contributed by atoms with Gasteiger partial charge in [0.15, 0.2) is 6.10 Å². The molecule has 1 aliphatic rings. The highest BCUT2D eigenvalue weighted by Crippen LogP contribution is 2.34. The number of hydrogen-bond donors (Lipinski definition) is 1. The fraction of sp³-hybridized carbons (Fsp3) is 0.130. The summed E-state index contributed by atoms with van der Waals surface area (Å²) in [5.41, 5.74) is 9.33. The second-order valence-corrected chi connectivity index (χ2v) is 7.33. The molecule has 3 aromatic carbocycles. The van der Waals surface area contributed by atoms with Crippen LogP contribution in [0.4, 0.5) is 5.69 Å². The van der Waals surface area contributed by atoms with E-state index in [1.165, 1.54) is 4.90 Å². The topological polar surface area (TPSA) is 103 Å². The number of primary amides is 1. The molecule has 0 aliphatic carbocycles. The van der Waals surface area contributed by atoms with Crippen LogP contribution >= 0.6 is 0 Å². The summed E-state index contributed by atoms with van der Waals surface area (Å²) in [5.74, 6) is -0.372. The molecule has 2 amide bonds. The molecular formula is C23H19N5O3. The third kappa shape index (κ3) is 3.48. The van der Waals surface area contributed by atoms with Crippen LogP contribution in [0.5, 0.6) is 5.75 Å². The molecule has 0 fully saturated rings. The summed E-state index contributed by atoms with van der Waals surface area (Å²) >= 11 is 0. The van der Waals surface area contributed by atoms with Gasteiger partial charge in [0.25, 0.3) is 11.8 Å². The van der Waals surface area contributed by atoms with Crippen LogP contribution in [-0.4, -0.2) is 39.5 Å². The first-order valence-corrected chi connectivity index (χ1v) is 9.84. The van der Waals surface area contributed by atoms with Gasteiger partial charge in [-0.2, -0.15) is 0 Å². The minimum atomic E-state index is -0.890. The van der Waals surface area contributed by atoms with Gasteiger partial charge in [-0.1, -0.05) is 41.6 Å². The zero-order chi connectivity index (χ0) is 21.4. The van der Waals surface area contributed by atoms with Crippen molar-refractivity contribution in [2.24, 2.45) is 5.73 Å². The Bertz CT molecular complexity index is 1280. The Morgan fingerprint density at radius 2 is 1.74 bits per heavy atom. The number of ether oxygens (including phenoxy) is 1. The Kier molecular flexibility index (Phi) is 4.59. The highest BCUT2D eigenvalue weighted by molar-refractivity contribution is 6.07. The summed E-state index contributed by atoms with van der Waals surface area (Å²) < 4.78 is 7.46. The van der Waals surface area contributed by atoms with E-state index in [2.05, 4.69) is 10.3 Å². The second-order valence-electron chi connectivity index (χ2n) is 7.33. The van der Waals surface area contributed by atoms with Crippen LogP contribution in [0.2, 0.25) is 0 Å². The van der Waals surface area contributed by atoms with Crippen LogP contribution in [0.3, 0.4) is 0 Å². The third-order valence-electron chi connectivity index (χ3n) is 5.29. The van der Waals surface area contributed by atoms with Crippen LogP contribution in [0.15, 0.2) is 72.8 Å². The van der Waals surface area contributed by atoms with Crippen molar-refractivity contribution in [2.75, 3.05) is 11.4 Å². The maximum absolute atomic E-state index is 13.2. The van der Waals surface area contributed by atoms with Crippen molar-refractivity contribution in [1.29, 1.82) is 0 Å². The molecule has 8 nitrogen and oxygen atoms in total. The number of rotatable bonds is 4. The van der Waals surface area contributed by atoms with Gasteiger partial charge in [0.2, 0.25) is 0 Å². The summed E-state index contributed by atoms with van der Waals surface area (Å²) in [7, 11) is 0. The molecule has 0 bridgehead atoms. The van der Waals surface area contributed by atoms with Gasteiger partial charge in [-0.3, -0.25) is 9.59 Å². The number of carbonyl (C=O) groups is 2. The Balaban J connectivity index is 1.39. The van der Waals surface area contributed by atoms with Gasteiger partial charge in [0.1, 0.15) is 11.3 Å². The minimum absolute atomic E-state index is 0.0673. The molecule has 4 aromatic rings. The largest absolute Gasteiger partial charge is 0.477 e. The number of carbonyl (C=O) groups excluding carboxylic acids is 2. The summed E-state index contributed by atoms with van der Waals surface area (Å²) in [6.07, 6.45) is -0.890. The smallest absolute Gasteiger partial charge is 0.260 e. The van der Waals surface area contributed by atoms with Crippen LogP contribution in [-0.2, 0) is 11.3 Å². The molecule has 0 radical (unpaired) electrons. The van der Waals surface area contributed by atoms with E-state index in [1.807, 2.05) is 47.1 Å². The predicted molar refractivity (Wildman–Crippen MR) is 115 cm³/mol. The standard InChI is InChI=1S/C23H19N5O3/c24-22(29)21-14-27(19-7-3-4-8-20(19)31-21)23(30)16-11-9-15(10-12-16)13-28-18-6-2-1-5-17(18)25-26-28/h1-12,21H,13-14H2,(H2,24,29). The first-order valence-electron chi connectivity index (χ1n) is 9.84. The average molecular weight is 413 g/mol. The molecule has 2 N–H and O–H groups in total. The minimum Gasteiger partial charge on any atom is -0.477 e. The first kappa shape index (κ1) is 18.8. The van der Waals surface area contributed by atoms with Crippen molar-refractivity contribution in [3.63, 3.8) is 0 Å². The molecular weight excluding hydrogens is 394 g/mol. The van der Waals surface area contributed by atoms with E-state index in [1.54, 1.807) is 30.3 Å². The number of nitrogens with two attached hydrogens (primary N) is 1. The monoisotopic (exact) mass is 413 g/mol. The Hall–Kier alpha value is -4.20. The van der Waals surface area contributed by atoms with E-state index >= 15 is 0 Å². The highest BCUT2D eigenvalue weighted by atomic mass is 16.5. The van der Waals surface area contributed by atoms with Crippen LogP contribution in [0.1, 0.15) is 15.9 Å². The summed E-state index contributed by atoms with van der Waals surface area (Å²) in [4.78, 5) is 26.5. The number of amides is 2. The van der Waals surface area contributed by atoms with E-state index in [-0.39, 0.29) is 12.5 Å². The number of benzene rings is 3. The molecule has 0 spiro atoms. The lowest BCUT2D eigenvalue weighted by atomic mass is 10.1. The molecule has 1 unspecified atom stereocenters. The number of nitrogens with zero attached hydrogens (tertiary/aromatic N) is 4. The molecule has 0 saturated heterocycles. The van der Waals surface area contributed by atoms with Crippen LogP contribution < -0.4 is 15.4 Å². The lowest BCUT2D eigenvalue weighted by Gasteiger charge is -2.33. The second kappa shape index (κ2) is 7.56. The van der Waals surface area contributed by atoms with Crippen molar-refractivity contribution >= 4 is 28.5 Å². The van der Waals surface area contributed by atoms with Gasteiger partial charge in [-0.05, 0) is 42.0 Å². The molecule has 31 heavy (non-hydrogen) atoms.